The van der Waals surface area contributed by atoms with Crippen molar-refractivity contribution in [3.8, 4) is 0 Å². The molecule has 0 spiro atoms. The molecule has 0 aromatic heterocycles. The Labute approximate surface area is 83.7 Å². The van der Waals surface area contributed by atoms with Crippen molar-refractivity contribution < 1.29 is 4.79 Å². The molecule has 0 unspecified atom stereocenters. The Balaban J connectivity index is 3.21. The van der Waals surface area contributed by atoms with Crippen LogP contribution in [0.5, 0.6) is 0 Å². The van der Waals surface area contributed by atoms with Gasteiger partial charge in [-0.1, -0.05) is 12.2 Å². The first-order chi connectivity index (χ1) is 6.31. The second kappa shape index (κ2) is 9.35. The van der Waals surface area contributed by atoms with E-state index in [1.54, 1.807) is 17.8 Å². The number of thioether (sulfide) groups is 1. The third kappa shape index (κ3) is 9.17. The van der Waals surface area contributed by atoms with Gasteiger partial charge in [0.1, 0.15) is 0 Å². The first kappa shape index (κ1) is 12.3. The zero-order valence-electron chi connectivity index (χ0n) is 7.88. The van der Waals surface area contributed by atoms with Crippen molar-refractivity contribution in [3.05, 3.63) is 24.1 Å². The maximum atomic E-state index is 11.0. The van der Waals surface area contributed by atoms with Crippen molar-refractivity contribution in [2.75, 3.05) is 19.0 Å². The average Bonchev–Trinajstić information content (AvgIpc) is 2.14. The van der Waals surface area contributed by atoms with Gasteiger partial charge in [-0.25, -0.2) is 0 Å². The molecule has 0 aliphatic carbocycles. The first-order valence-electron chi connectivity index (χ1n) is 4.12. The van der Waals surface area contributed by atoms with E-state index >= 15 is 0 Å². The Hall–Kier alpha value is -0.740. The van der Waals surface area contributed by atoms with Gasteiger partial charge in [-0.15, -0.1) is 18.3 Å². The average molecular weight is 200 g/mol. The Morgan fingerprint density at radius 2 is 2.38 bits per heavy atom. The summed E-state index contributed by atoms with van der Waals surface area (Å²) in [7, 11) is 0. The molecule has 0 heterocycles. The zero-order chi connectivity index (χ0) is 9.94. The van der Waals surface area contributed by atoms with E-state index in [1.807, 2.05) is 18.4 Å². The highest BCUT2D eigenvalue weighted by Crippen LogP contribution is 1.96. The summed E-state index contributed by atoms with van der Waals surface area (Å²) >= 11 is 1.63. The fourth-order valence-corrected chi connectivity index (χ4v) is 1.12. The highest BCUT2D eigenvalue weighted by Gasteiger charge is 1.96. The molecule has 0 bridgehead atoms. The van der Waals surface area contributed by atoms with Crippen LogP contribution in [0.25, 0.3) is 0 Å². The Morgan fingerprint density at radius 3 is 3.00 bits per heavy atom. The number of carbonyl (C=O) groups is 1. The molecule has 3 nitrogen and oxygen atoms in total. The molecular weight excluding hydrogens is 184 g/mol. The van der Waals surface area contributed by atoms with E-state index in [1.165, 1.54) is 0 Å². The molecule has 0 saturated heterocycles. The maximum absolute atomic E-state index is 11.0. The van der Waals surface area contributed by atoms with E-state index in [4.69, 9.17) is 0 Å². The van der Waals surface area contributed by atoms with Crippen molar-refractivity contribution in [1.29, 1.82) is 0 Å². The molecule has 0 fully saturated rings. The fourth-order valence-electron chi connectivity index (χ4n) is 0.616. The summed E-state index contributed by atoms with van der Waals surface area (Å²) in [5.41, 5.74) is 0. The molecule has 0 aromatic carbocycles. The topological polar surface area (TPSA) is 41.1 Å². The van der Waals surface area contributed by atoms with Crippen LogP contribution in [0, 0.1) is 0 Å². The smallest absolute Gasteiger partial charge is 0.234 e. The van der Waals surface area contributed by atoms with Crippen LogP contribution in [0.3, 0.4) is 0 Å². The second-order valence-electron chi connectivity index (χ2n) is 2.30. The summed E-state index contributed by atoms with van der Waals surface area (Å²) in [6.45, 7) is 6.36. The lowest BCUT2D eigenvalue weighted by molar-refractivity contribution is -0.119. The number of amides is 1. The molecule has 2 N–H and O–H groups in total. The van der Waals surface area contributed by atoms with Crippen LogP contribution in [0.2, 0.25) is 0 Å². The normalized spacial score (nSPS) is 10.2. The van der Waals surface area contributed by atoms with Gasteiger partial charge in [0.05, 0.1) is 6.54 Å². The monoisotopic (exact) mass is 200 g/mol. The molecule has 0 aromatic rings. The lowest BCUT2D eigenvalue weighted by Crippen LogP contribution is -2.33. The SMILES string of the molecule is C=CCNC(=O)CNCS/C=C\C. The van der Waals surface area contributed by atoms with E-state index in [0.29, 0.717) is 13.1 Å². The lowest BCUT2D eigenvalue weighted by Gasteiger charge is -2.02. The number of carbonyl (C=O) groups excluding carboxylic acids is 1. The van der Waals surface area contributed by atoms with E-state index in [-0.39, 0.29) is 5.91 Å². The minimum absolute atomic E-state index is 0.000906. The molecule has 0 aliphatic heterocycles. The van der Waals surface area contributed by atoms with Gasteiger partial charge < -0.3 is 5.32 Å². The van der Waals surface area contributed by atoms with Crippen LogP contribution < -0.4 is 10.6 Å². The predicted octanol–water partition coefficient (Wildman–Crippen LogP) is 1.10. The van der Waals surface area contributed by atoms with Crippen LogP contribution in [-0.2, 0) is 4.79 Å². The van der Waals surface area contributed by atoms with Gasteiger partial charge >= 0.3 is 0 Å². The van der Waals surface area contributed by atoms with Gasteiger partial charge in [0.15, 0.2) is 0 Å². The van der Waals surface area contributed by atoms with Gasteiger partial charge in [0.2, 0.25) is 5.91 Å². The fraction of sp³-hybridized carbons (Fsp3) is 0.444. The largest absolute Gasteiger partial charge is 0.352 e. The molecule has 0 rings (SSSR count). The molecule has 0 aliphatic rings. The van der Waals surface area contributed by atoms with Crippen LogP contribution in [0.4, 0.5) is 0 Å². The van der Waals surface area contributed by atoms with E-state index < -0.39 is 0 Å². The third-order valence-corrected chi connectivity index (χ3v) is 1.98. The van der Waals surface area contributed by atoms with Crippen LogP contribution >= 0.6 is 11.8 Å². The van der Waals surface area contributed by atoms with Crippen molar-refractivity contribution >= 4 is 17.7 Å². The molecular formula is C9H16N2OS. The van der Waals surface area contributed by atoms with E-state index in [2.05, 4.69) is 17.2 Å². The Kier molecular flexibility index (Phi) is 8.82. The van der Waals surface area contributed by atoms with Crippen molar-refractivity contribution in [3.63, 3.8) is 0 Å². The number of hydrogen-bond donors (Lipinski definition) is 2. The minimum atomic E-state index is 0.000906. The summed E-state index contributed by atoms with van der Waals surface area (Å²) in [4.78, 5) is 11.0. The van der Waals surface area contributed by atoms with E-state index in [9.17, 15) is 4.79 Å². The Bertz CT molecular complexity index is 180. The van der Waals surface area contributed by atoms with Gasteiger partial charge in [0.25, 0.3) is 0 Å². The second-order valence-corrected chi connectivity index (χ2v) is 3.19. The number of rotatable bonds is 7. The molecule has 1 amide bonds. The van der Waals surface area contributed by atoms with Gasteiger partial charge in [-0.2, -0.15) is 0 Å². The Morgan fingerprint density at radius 1 is 1.62 bits per heavy atom. The van der Waals surface area contributed by atoms with Gasteiger partial charge in [0, 0.05) is 12.4 Å². The highest BCUT2D eigenvalue weighted by atomic mass is 32.2. The predicted molar refractivity (Wildman–Crippen MR) is 58.5 cm³/mol. The number of allylic oxidation sites excluding steroid dienone is 1. The van der Waals surface area contributed by atoms with E-state index in [0.717, 1.165) is 5.88 Å². The zero-order valence-corrected chi connectivity index (χ0v) is 8.69. The highest BCUT2D eigenvalue weighted by molar-refractivity contribution is 8.02. The third-order valence-electron chi connectivity index (χ3n) is 1.15. The summed E-state index contributed by atoms with van der Waals surface area (Å²) in [5, 5.41) is 7.65. The quantitative estimate of drug-likeness (QED) is 0.367. The number of nitrogens with one attached hydrogen (secondary N) is 2. The molecule has 13 heavy (non-hydrogen) atoms. The van der Waals surface area contributed by atoms with Crippen LogP contribution in [0.1, 0.15) is 6.92 Å². The van der Waals surface area contributed by atoms with Gasteiger partial charge in [-0.05, 0) is 12.3 Å². The minimum Gasteiger partial charge on any atom is -0.352 e. The molecule has 74 valence electrons. The molecule has 0 saturated carbocycles. The summed E-state index contributed by atoms with van der Waals surface area (Å²) in [5.74, 6) is 0.757. The standard InChI is InChI=1S/C9H16N2OS/c1-3-5-11-9(12)7-10-8-13-6-4-2/h3-4,6,10H,1,5,7-8H2,2H3,(H,11,12)/b6-4-. The summed E-state index contributed by atoms with van der Waals surface area (Å²) in [6, 6.07) is 0. The number of hydrogen-bond acceptors (Lipinski definition) is 3. The lowest BCUT2D eigenvalue weighted by atomic mass is 10.5. The van der Waals surface area contributed by atoms with Crippen molar-refractivity contribution in [2.24, 2.45) is 0 Å². The molecule has 0 radical (unpaired) electrons. The summed E-state index contributed by atoms with van der Waals surface area (Å²) < 4.78 is 0. The van der Waals surface area contributed by atoms with Crippen LogP contribution in [0.15, 0.2) is 24.1 Å². The van der Waals surface area contributed by atoms with Crippen molar-refractivity contribution in [1.82, 2.24) is 10.6 Å². The first-order valence-corrected chi connectivity index (χ1v) is 5.17. The van der Waals surface area contributed by atoms with Crippen LogP contribution in [-0.4, -0.2) is 24.9 Å². The summed E-state index contributed by atoms with van der Waals surface area (Å²) in [6.07, 6.45) is 3.62. The molecule has 4 heteroatoms. The van der Waals surface area contributed by atoms with Crippen molar-refractivity contribution in [2.45, 2.75) is 6.92 Å². The maximum Gasteiger partial charge on any atom is 0.234 e. The molecule has 0 atom stereocenters. The van der Waals surface area contributed by atoms with Gasteiger partial charge in [-0.3, -0.25) is 10.1 Å².